The summed E-state index contributed by atoms with van der Waals surface area (Å²) in [6.45, 7) is 2.34. The van der Waals surface area contributed by atoms with Crippen LogP contribution in [0, 0.1) is 17.6 Å². The third-order valence-corrected chi connectivity index (χ3v) is 6.71. The lowest BCUT2D eigenvalue weighted by Crippen LogP contribution is -2.19. The Morgan fingerprint density at radius 1 is 0.912 bits per heavy atom. The minimum absolute atomic E-state index is 0.287. The number of hydrogen-bond acceptors (Lipinski definition) is 1. The SMILES string of the molecule is C=CC1CCC(c2ccc3c(F)c(CCc4ccc(OCC(F)(F)F)c(F)c4)ccc3c2)CC1. The molecule has 3 aromatic rings. The van der Waals surface area contributed by atoms with E-state index in [0.717, 1.165) is 37.1 Å². The molecule has 0 atom stereocenters. The Morgan fingerprint density at radius 3 is 2.35 bits per heavy atom. The van der Waals surface area contributed by atoms with Crippen LogP contribution in [0.15, 0.2) is 61.2 Å². The molecule has 4 rings (SSSR count). The normalized spacial score (nSPS) is 18.7. The molecule has 0 spiro atoms. The molecule has 0 aliphatic heterocycles. The van der Waals surface area contributed by atoms with Crippen LogP contribution in [-0.2, 0) is 12.8 Å². The maximum atomic E-state index is 15.2. The van der Waals surface area contributed by atoms with Crippen LogP contribution >= 0.6 is 0 Å². The van der Waals surface area contributed by atoms with Gasteiger partial charge in [0.25, 0.3) is 0 Å². The molecule has 1 fully saturated rings. The van der Waals surface area contributed by atoms with Crippen LogP contribution in [0.4, 0.5) is 22.0 Å². The van der Waals surface area contributed by atoms with Crippen molar-refractivity contribution in [3.8, 4) is 5.75 Å². The van der Waals surface area contributed by atoms with Crippen LogP contribution in [0.3, 0.4) is 0 Å². The van der Waals surface area contributed by atoms with E-state index >= 15 is 4.39 Å². The molecule has 180 valence electrons. The number of halogens is 5. The molecule has 0 N–H and O–H groups in total. The largest absolute Gasteiger partial charge is 0.481 e. The van der Waals surface area contributed by atoms with Gasteiger partial charge in [0.15, 0.2) is 18.2 Å². The molecular weight excluding hydrogens is 447 g/mol. The van der Waals surface area contributed by atoms with Gasteiger partial charge in [-0.2, -0.15) is 13.2 Å². The van der Waals surface area contributed by atoms with Gasteiger partial charge >= 0.3 is 6.18 Å². The molecule has 1 aliphatic carbocycles. The van der Waals surface area contributed by atoms with E-state index in [9.17, 15) is 17.6 Å². The van der Waals surface area contributed by atoms with E-state index in [0.29, 0.717) is 41.2 Å². The number of allylic oxidation sites excluding steroid dienone is 1. The number of aryl methyl sites for hydroxylation is 2. The van der Waals surface area contributed by atoms with E-state index in [-0.39, 0.29) is 5.82 Å². The van der Waals surface area contributed by atoms with Gasteiger partial charge in [0.1, 0.15) is 5.82 Å². The number of ether oxygens (including phenoxy) is 1. The maximum absolute atomic E-state index is 15.2. The molecule has 6 heteroatoms. The fourth-order valence-electron chi connectivity index (χ4n) is 4.75. The Kier molecular flexibility index (Phi) is 7.24. The summed E-state index contributed by atoms with van der Waals surface area (Å²) < 4.78 is 70.6. The van der Waals surface area contributed by atoms with Crippen LogP contribution in [0.5, 0.6) is 5.75 Å². The summed E-state index contributed by atoms with van der Waals surface area (Å²) >= 11 is 0. The molecule has 0 unspecified atom stereocenters. The first-order valence-corrected chi connectivity index (χ1v) is 11.5. The summed E-state index contributed by atoms with van der Waals surface area (Å²) in [4.78, 5) is 0. The summed E-state index contributed by atoms with van der Waals surface area (Å²) in [5.41, 5.74) is 2.32. The maximum Gasteiger partial charge on any atom is 0.422 e. The second kappa shape index (κ2) is 10.2. The van der Waals surface area contributed by atoms with E-state index in [1.807, 2.05) is 24.3 Å². The van der Waals surface area contributed by atoms with Gasteiger partial charge in [0.05, 0.1) is 0 Å². The molecule has 0 aromatic heterocycles. The van der Waals surface area contributed by atoms with Gasteiger partial charge in [0, 0.05) is 5.39 Å². The van der Waals surface area contributed by atoms with Crippen LogP contribution in [0.1, 0.15) is 48.3 Å². The van der Waals surface area contributed by atoms with Crippen molar-refractivity contribution in [3.05, 3.63) is 89.5 Å². The lowest BCUT2D eigenvalue weighted by atomic mass is 9.78. The van der Waals surface area contributed by atoms with Crippen molar-refractivity contribution < 1.29 is 26.7 Å². The highest BCUT2D eigenvalue weighted by atomic mass is 19.4. The monoisotopic (exact) mass is 474 g/mol. The van der Waals surface area contributed by atoms with Crippen LogP contribution < -0.4 is 4.74 Å². The molecular formula is C28H27F5O. The van der Waals surface area contributed by atoms with Gasteiger partial charge in [-0.3, -0.25) is 0 Å². The topological polar surface area (TPSA) is 9.23 Å². The lowest BCUT2D eigenvalue weighted by Gasteiger charge is -2.27. The number of alkyl halides is 3. The Hall–Kier alpha value is -2.89. The van der Waals surface area contributed by atoms with Crippen molar-refractivity contribution in [3.63, 3.8) is 0 Å². The Balaban J connectivity index is 1.43. The van der Waals surface area contributed by atoms with Crippen molar-refractivity contribution >= 4 is 10.8 Å². The summed E-state index contributed by atoms with van der Waals surface area (Å²) in [5.74, 6) is -0.526. The van der Waals surface area contributed by atoms with Gasteiger partial charge in [0.2, 0.25) is 0 Å². The zero-order valence-electron chi connectivity index (χ0n) is 18.8. The quantitative estimate of drug-likeness (QED) is 0.247. The van der Waals surface area contributed by atoms with Gasteiger partial charge in [-0.25, -0.2) is 8.78 Å². The first kappa shape index (κ1) is 24.2. The second-order valence-electron chi connectivity index (χ2n) is 9.04. The summed E-state index contributed by atoms with van der Waals surface area (Å²) in [5, 5.41) is 1.42. The first-order chi connectivity index (χ1) is 16.2. The van der Waals surface area contributed by atoms with Gasteiger partial charge in [-0.15, -0.1) is 6.58 Å². The van der Waals surface area contributed by atoms with Crippen LogP contribution in [0.2, 0.25) is 0 Å². The Morgan fingerprint density at radius 2 is 1.68 bits per heavy atom. The molecule has 0 heterocycles. The predicted octanol–water partition coefficient (Wildman–Crippen LogP) is 8.30. The van der Waals surface area contributed by atoms with Crippen LogP contribution in [-0.4, -0.2) is 12.8 Å². The predicted molar refractivity (Wildman–Crippen MR) is 124 cm³/mol. The molecule has 1 saturated carbocycles. The fourth-order valence-corrected chi connectivity index (χ4v) is 4.75. The third-order valence-electron chi connectivity index (χ3n) is 6.71. The Bertz CT molecular complexity index is 1160. The van der Waals surface area contributed by atoms with E-state index in [1.54, 1.807) is 6.07 Å². The van der Waals surface area contributed by atoms with Crippen molar-refractivity contribution in [2.24, 2.45) is 5.92 Å². The van der Waals surface area contributed by atoms with E-state index < -0.39 is 24.3 Å². The van der Waals surface area contributed by atoms with E-state index in [2.05, 4.69) is 17.4 Å². The number of benzene rings is 3. The third kappa shape index (κ3) is 5.78. The fraction of sp³-hybridized carbons (Fsp3) is 0.357. The molecule has 1 aliphatic rings. The van der Waals surface area contributed by atoms with E-state index in [1.165, 1.54) is 17.7 Å². The standard InChI is InChI=1S/C28H27F5O/c1-2-18-3-7-20(8-4-18)22-12-13-24-23(16-22)11-10-21(27(24)30)9-5-19-6-14-26(25(29)15-19)34-17-28(31,32)33/h2,6,10-16,18,20H,1,3-5,7-9,17H2. The van der Waals surface area contributed by atoms with Gasteiger partial charge in [-0.1, -0.05) is 42.5 Å². The highest BCUT2D eigenvalue weighted by Crippen LogP contribution is 2.37. The highest BCUT2D eigenvalue weighted by Gasteiger charge is 2.29. The first-order valence-electron chi connectivity index (χ1n) is 11.5. The average Bonchev–Trinajstić information content (AvgIpc) is 2.82. The smallest absolute Gasteiger partial charge is 0.422 e. The zero-order valence-corrected chi connectivity index (χ0v) is 18.8. The summed E-state index contributed by atoms with van der Waals surface area (Å²) in [6, 6.07) is 13.4. The van der Waals surface area contributed by atoms with Gasteiger partial charge < -0.3 is 4.74 Å². The van der Waals surface area contributed by atoms with Gasteiger partial charge in [-0.05, 0) is 84.6 Å². The minimum Gasteiger partial charge on any atom is -0.481 e. The lowest BCUT2D eigenvalue weighted by molar-refractivity contribution is -0.153. The highest BCUT2D eigenvalue weighted by molar-refractivity contribution is 5.84. The van der Waals surface area contributed by atoms with Crippen molar-refractivity contribution in [2.75, 3.05) is 6.61 Å². The number of rotatable bonds is 7. The Labute approximate surface area is 196 Å². The molecule has 0 saturated heterocycles. The molecule has 34 heavy (non-hydrogen) atoms. The summed E-state index contributed by atoms with van der Waals surface area (Å²) in [6.07, 6.45) is 2.69. The van der Waals surface area contributed by atoms with Crippen LogP contribution in [0.25, 0.3) is 10.8 Å². The molecule has 0 bridgehead atoms. The van der Waals surface area contributed by atoms with E-state index in [4.69, 9.17) is 0 Å². The summed E-state index contributed by atoms with van der Waals surface area (Å²) in [7, 11) is 0. The number of fused-ring (bicyclic) bond motifs is 1. The number of hydrogen-bond donors (Lipinski definition) is 0. The zero-order chi connectivity index (χ0) is 24.3. The van der Waals surface area contributed by atoms with Crippen molar-refractivity contribution in [1.29, 1.82) is 0 Å². The molecule has 3 aromatic carbocycles. The average molecular weight is 475 g/mol. The second-order valence-corrected chi connectivity index (χ2v) is 9.04. The molecule has 1 nitrogen and oxygen atoms in total. The molecule has 0 amide bonds. The molecule has 0 radical (unpaired) electrons. The minimum atomic E-state index is -4.54. The van der Waals surface area contributed by atoms with Crippen molar-refractivity contribution in [1.82, 2.24) is 0 Å². The van der Waals surface area contributed by atoms with Crippen molar-refractivity contribution in [2.45, 2.75) is 50.6 Å².